The second-order valence-electron chi connectivity index (χ2n) is 3.58. The number of rotatable bonds is 4. The van der Waals surface area contributed by atoms with Crippen LogP contribution in [0.4, 0.5) is 11.9 Å². The third kappa shape index (κ3) is 3.06. The summed E-state index contributed by atoms with van der Waals surface area (Å²) in [5.41, 5.74) is 6.38. The van der Waals surface area contributed by atoms with E-state index in [-0.39, 0.29) is 29.8 Å². The Morgan fingerprint density at radius 1 is 1.22 bits per heavy atom. The number of benzene rings is 1. The summed E-state index contributed by atoms with van der Waals surface area (Å²) in [6.07, 6.45) is 0. The van der Waals surface area contributed by atoms with Crippen LogP contribution in [0.2, 0.25) is 5.28 Å². The Kier molecular flexibility index (Phi) is 3.91. The summed E-state index contributed by atoms with van der Waals surface area (Å²) in [6, 6.07) is 9.11. The monoisotopic (exact) mass is 265 g/mol. The number of aliphatic hydroxyl groups excluding tert-OH is 1. The van der Waals surface area contributed by atoms with E-state index < -0.39 is 0 Å². The molecule has 6 nitrogen and oxygen atoms in total. The van der Waals surface area contributed by atoms with Crippen molar-refractivity contribution in [1.82, 2.24) is 15.0 Å². The Hall–Kier alpha value is -1.92. The topological polar surface area (TPSA) is 97.0 Å². The lowest BCUT2D eigenvalue weighted by Gasteiger charge is -2.16. The van der Waals surface area contributed by atoms with Crippen LogP contribution >= 0.6 is 11.6 Å². The molecular formula is C11H12ClN5O. The molecule has 94 valence electrons. The highest BCUT2D eigenvalue weighted by atomic mass is 35.5. The molecule has 0 fully saturated rings. The molecule has 1 aromatic heterocycles. The van der Waals surface area contributed by atoms with Gasteiger partial charge in [-0.25, -0.2) is 0 Å². The van der Waals surface area contributed by atoms with Crippen LogP contribution < -0.4 is 11.1 Å². The van der Waals surface area contributed by atoms with Crippen molar-refractivity contribution in [3.63, 3.8) is 0 Å². The number of nitrogens with zero attached hydrogens (tertiary/aromatic N) is 3. The van der Waals surface area contributed by atoms with E-state index in [2.05, 4.69) is 20.3 Å². The normalized spacial score (nSPS) is 12.1. The SMILES string of the molecule is Nc1nc(Cl)nc(NC(CO)c2ccccc2)n1. The maximum atomic E-state index is 9.38. The molecule has 0 radical (unpaired) electrons. The van der Waals surface area contributed by atoms with Gasteiger partial charge in [-0.05, 0) is 17.2 Å². The first-order chi connectivity index (χ1) is 8.69. The number of nitrogens with one attached hydrogen (secondary N) is 1. The van der Waals surface area contributed by atoms with E-state index in [0.717, 1.165) is 5.56 Å². The lowest BCUT2D eigenvalue weighted by molar-refractivity contribution is 0.276. The van der Waals surface area contributed by atoms with E-state index in [1.54, 1.807) is 0 Å². The fraction of sp³-hybridized carbons (Fsp3) is 0.182. The third-order valence-corrected chi connectivity index (χ3v) is 2.48. The lowest BCUT2D eigenvalue weighted by Crippen LogP contribution is -2.17. The fourth-order valence-corrected chi connectivity index (χ4v) is 1.67. The maximum Gasteiger partial charge on any atom is 0.229 e. The molecule has 2 rings (SSSR count). The minimum Gasteiger partial charge on any atom is -0.394 e. The standard InChI is InChI=1S/C11H12ClN5O/c12-9-15-10(13)17-11(16-9)14-8(6-18)7-4-2-1-3-5-7/h1-5,8,18H,6H2,(H3,13,14,15,16,17). The van der Waals surface area contributed by atoms with Crippen molar-refractivity contribution in [2.45, 2.75) is 6.04 Å². The van der Waals surface area contributed by atoms with Crippen LogP contribution in [0.5, 0.6) is 0 Å². The zero-order valence-corrected chi connectivity index (χ0v) is 10.2. The second-order valence-corrected chi connectivity index (χ2v) is 3.91. The lowest BCUT2D eigenvalue weighted by atomic mass is 10.1. The van der Waals surface area contributed by atoms with Gasteiger partial charge in [-0.3, -0.25) is 0 Å². The summed E-state index contributed by atoms with van der Waals surface area (Å²) in [5.74, 6) is 0.262. The summed E-state index contributed by atoms with van der Waals surface area (Å²) in [6.45, 7) is -0.104. The molecule has 0 aliphatic carbocycles. The first kappa shape index (κ1) is 12.5. The van der Waals surface area contributed by atoms with E-state index in [9.17, 15) is 5.11 Å². The molecule has 0 spiro atoms. The molecule has 7 heteroatoms. The average Bonchev–Trinajstić information content (AvgIpc) is 2.36. The number of nitrogens with two attached hydrogens (primary N) is 1. The van der Waals surface area contributed by atoms with Crippen LogP contribution in [0.3, 0.4) is 0 Å². The Morgan fingerprint density at radius 2 is 1.94 bits per heavy atom. The van der Waals surface area contributed by atoms with Crippen LogP contribution in [0.1, 0.15) is 11.6 Å². The number of anilines is 2. The van der Waals surface area contributed by atoms with Crippen LogP contribution in [0, 0.1) is 0 Å². The van der Waals surface area contributed by atoms with Crippen LogP contribution in [-0.2, 0) is 0 Å². The molecule has 4 N–H and O–H groups in total. The van der Waals surface area contributed by atoms with Gasteiger partial charge in [0.2, 0.25) is 17.2 Å². The Morgan fingerprint density at radius 3 is 2.56 bits per heavy atom. The molecule has 0 bridgehead atoms. The Balaban J connectivity index is 2.20. The van der Waals surface area contributed by atoms with E-state index >= 15 is 0 Å². The van der Waals surface area contributed by atoms with Crippen molar-refractivity contribution in [2.24, 2.45) is 0 Å². The molecule has 0 saturated heterocycles. The van der Waals surface area contributed by atoms with Gasteiger partial charge in [-0.1, -0.05) is 30.3 Å². The quantitative estimate of drug-likeness (QED) is 0.770. The maximum absolute atomic E-state index is 9.38. The highest BCUT2D eigenvalue weighted by molar-refractivity contribution is 6.28. The summed E-state index contributed by atoms with van der Waals surface area (Å²) in [5, 5.41) is 12.3. The first-order valence-corrected chi connectivity index (χ1v) is 5.66. The summed E-state index contributed by atoms with van der Waals surface area (Å²) < 4.78 is 0. The fourth-order valence-electron chi connectivity index (χ4n) is 1.51. The van der Waals surface area contributed by atoms with Crippen LogP contribution in [-0.4, -0.2) is 26.7 Å². The number of hydrogen-bond acceptors (Lipinski definition) is 6. The van der Waals surface area contributed by atoms with Crippen molar-refractivity contribution >= 4 is 23.5 Å². The molecule has 0 saturated carbocycles. The number of nitrogen functional groups attached to an aromatic ring is 1. The van der Waals surface area contributed by atoms with Crippen molar-refractivity contribution in [3.05, 3.63) is 41.2 Å². The Bertz CT molecular complexity index is 502. The van der Waals surface area contributed by atoms with Crippen molar-refractivity contribution < 1.29 is 5.11 Å². The first-order valence-electron chi connectivity index (χ1n) is 5.28. The van der Waals surface area contributed by atoms with Gasteiger partial charge in [-0.15, -0.1) is 0 Å². The van der Waals surface area contributed by atoms with Gasteiger partial charge in [0.15, 0.2) is 0 Å². The third-order valence-electron chi connectivity index (χ3n) is 2.31. The minimum absolute atomic E-state index is 0.00903. The predicted octanol–water partition coefficient (Wildman–Crippen LogP) is 1.25. The van der Waals surface area contributed by atoms with Crippen molar-refractivity contribution in [1.29, 1.82) is 0 Å². The number of aromatic nitrogens is 3. The molecule has 0 amide bonds. The molecule has 0 aliphatic heterocycles. The summed E-state index contributed by atoms with van der Waals surface area (Å²) in [4.78, 5) is 11.4. The van der Waals surface area contributed by atoms with Gasteiger partial charge in [0.05, 0.1) is 12.6 Å². The van der Waals surface area contributed by atoms with Crippen molar-refractivity contribution in [2.75, 3.05) is 17.7 Å². The van der Waals surface area contributed by atoms with E-state index in [0.29, 0.717) is 0 Å². The second kappa shape index (κ2) is 5.61. The van der Waals surface area contributed by atoms with Gasteiger partial charge < -0.3 is 16.2 Å². The van der Waals surface area contributed by atoms with Crippen LogP contribution in [0.25, 0.3) is 0 Å². The zero-order valence-electron chi connectivity index (χ0n) is 9.42. The van der Waals surface area contributed by atoms with Gasteiger partial charge >= 0.3 is 0 Å². The smallest absolute Gasteiger partial charge is 0.229 e. The molecule has 1 heterocycles. The Labute approximate surface area is 109 Å². The van der Waals surface area contributed by atoms with E-state index in [1.165, 1.54) is 0 Å². The number of aliphatic hydroxyl groups is 1. The molecular weight excluding hydrogens is 254 g/mol. The highest BCUT2D eigenvalue weighted by Gasteiger charge is 2.12. The minimum atomic E-state index is -0.330. The number of hydrogen-bond donors (Lipinski definition) is 3. The van der Waals surface area contributed by atoms with E-state index in [4.69, 9.17) is 17.3 Å². The molecule has 1 aromatic carbocycles. The van der Waals surface area contributed by atoms with Gasteiger partial charge in [0.25, 0.3) is 0 Å². The largest absolute Gasteiger partial charge is 0.394 e. The zero-order chi connectivity index (χ0) is 13.0. The molecule has 2 aromatic rings. The molecule has 1 atom stereocenters. The number of halogens is 1. The van der Waals surface area contributed by atoms with Gasteiger partial charge in [0, 0.05) is 0 Å². The van der Waals surface area contributed by atoms with Gasteiger partial charge in [0.1, 0.15) is 0 Å². The predicted molar refractivity (Wildman–Crippen MR) is 69.1 cm³/mol. The molecule has 0 aliphatic rings. The van der Waals surface area contributed by atoms with Crippen LogP contribution in [0.15, 0.2) is 30.3 Å². The highest BCUT2D eigenvalue weighted by Crippen LogP contribution is 2.17. The molecule has 18 heavy (non-hydrogen) atoms. The summed E-state index contributed by atoms with van der Waals surface area (Å²) >= 11 is 5.68. The summed E-state index contributed by atoms with van der Waals surface area (Å²) in [7, 11) is 0. The van der Waals surface area contributed by atoms with Crippen molar-refractivity contribution in [3.8, 4) is 0 Å². The van der Waals surface area contributed by atoms with Gasteiger partial charge in [-0.2, -0.15) is 15.0 Å². The molecule has 1 unspecified atom stereocenters. The average molecular weight is 266 g/mol. The van der Waals surface area contributed by atoms with E-state index in [1.807, 2.05) is 30.3 Å².